The van der Waals surface area contributed by atoms with Crippen LogP contribution >= 0.6 is 11.3 Å². The zero-order chi connectivity index (χ0) is 14.7. The largest absolute Gasteiger partial charge is 0.484 e. The monoisotopic (exact) mass is 301 g/mol. The minimum Gasteiger partial charge on any atom is -0.484 e. The smallest absolute Gasteiger partial charge is 0.257 e. The van der Waals surface area contributed by atoms with Crippen molar-refractivity contribution in [3.05, 3.63) is 52.2 Å². The summed E-state index contributed by atoms with van der Waals surface area (Å²) in [6.45, 7) is 2.81. The zero-order valence-electron chi connectivity index (χ0n) is 12.1. The van der Waals surface area contributed by atoms with Crippen molar-refractivity contribution in [2.24, 2.45) is 0 Å². The Kier molecular flexibility index (Phi) is 3.97. The number of amides is 1. The molecule has 0 radical (unpaired) electrons. The second-order valence-corrected chi connectivity index (χ2v) is 6.58. The third kappa shape index (κ3) is 3.45. The van der Waals surface area contributed by atoms with E-state index in [1.54, 1.807) is 11.3 Å². The molecule has 0 unspecified atom stereocenters. The predicted octanol–water partition coefficient (Wildman–Crippen LogP) is 3.28. The normalized spacial score (nSPS) is 15.5. The lowest BCUT2D eigenvalue weighted by molar-refractivity contribution is -0.123. The van der Waals surface area contributed by atoms with Gasteiger partial charge in [0.1, 0.15) is 5.75 Å². The molecule has 1 aromatic heterocycles. The summed E-state index contributed by atoms with van der Waals surface area (Å²) in [7, 11) is 0. The zero-order valence-corrected chi connectivity index (χ0v) is 12.9. The molecular weight excluding hydrogens is 282 g/mol. The Morgan fingerprint density at radius 1 is 1.29 bits per heavy atom. The summed E-state index contributed by atoms with van der Waals surface area (Å²) in [6.07, 6.45) is 2.32. The van der Waals surface area contributed by atoms with Gasteiger partial charge in [0, 0.05) is 16.8 Å². The van der Waals surface area contributed by atoms with E-state index in [0.717, 1.165) is 18.6 Å². The second-order valence-electron chi connectivity index (χ2n) is 5.64. The van der Waals surface area contributed by atoms with Gasteiger partial charge in [-0.1, -0.05) is 23.8 Å². The van der Waals surface area contributed by atoms with Crippen LogP contribution in [0.4, 0.5) is 0 Å². The minimum atomic E-state index is -0.0570. The summed E-state index contributed by atoms with van der Waals surface area (Å²) in [5.74, 6) is 0.675. The summed E-state index contributed by atoms with van der Waals surface area (Å²) in [6, 6.07) is 12.0. The fourth-order valence-corrected chi connectivity index (χ4v) is 3.33. The Balaban J connectivity index is 1.46. The molecule has 1 amide bonds. The first-order valence-corrected chi connectivity index (χ1v) is 8.06. The van der Waals surface area contributed by atoms with Crippen LogP contribution in [0.3, 0.4) is 0 Å². The van der Waals surface area contributed by atoms with Crippen LogP contribution < -0.4 is 10.1 Å². The van der Waals surface area contributed by atoms with Crippen molar-refractivity contribution in [2.45, 2.75) is 25.2 Å². The average molecular weight is 301 g/mol. The van der Waals surface area contributed by atoms with E-state index in [2.05, 4.69) is 22.8 Å². The quantitative estimate of drug-likeness (QED) is 0.889. The maximum atomic E-state index is 11.9. The van der Waals surface area contributed by atoms with Gasteiger partial charge in [-0.3, -0.25) is 4.79 Å². The van der Waals surface area contributed by atoms with E-state index in [9.17, 15) is 4.79 Å². The molecule has 3 nitrogen and oxygen atoms in total. The lowest BCUT2D eigenvalue weighted by Crippen LogP contribution is -2.35. The highest BCUT2D eigenvalue weighted by atomic mass is 32.1. The molecule has 0 atom stereocenters. The summed E-state index contributed by atoms with van der Waals surface area (Å²) in [5, 5.41) is 5.09. The molecule has 21 heavy (non-hydrogen) atoms. The van der Waals surface area contributed by atoms with E-state index < -0.39 is 0 Å². The van der Waals surface area contributed by atoms with Crippen LogP contribution in [0.1, 0.15) is 23.3 Å². The van der Waals surface area contributed by atoms with E-state index in [1.165, 1.54) is 10.4 Å². The van der Waals surface area contributed by atoms with Gasteiger partial charge in [-0.05, 0) is 43.3 Å². The highest BCUT2D eigenvalue weighted by Crippen LogP contribution is 2.49. The molecule has 110 valence electrons. The first-order chi connectivity index (χ1) is 10.2. The molecule has 4 heteroatoms. The second kappa shape index (κ2) is 5.90. The van der Waals surface area contributed by atoms with Crippen molar-refractivity contribution in [3.63, 3.8) is 0 Å². The van der Waals surface area contributed by atoms with Gasteiger partial charge in [0.2, 0.25) is 0 Å². The van der Waals surface area contributed by atoms with Gasteiger partial charge >= 0.3 is 0 Å². The van der Waals surface area contributed by atoms with Crippen LogP contribution in [-0.4, -0.2) is 19.1 Å². The fourth-order valence-electron chi connectivity index (χ4n) is 2.34. The number of hydrogen-bond acceptors (Lipinski definition) is 3. The van der Waals surface area contributed by atoms with Gasteiger partial charge in [0.05, 0.1) is 0 Å². The van der Waals surface area contributed by atoms with E-state index in [1.807, 2.05) is 31.2 Å². The molecule has 1 aliphatic carbocycles. The standard InChI is InChI=1S/C17H19NO2S/c1-13-4-6-14(7-5-13)20-11-16(19)18-12-17(8-9-17)15-3-2-10-21-15/h2-7,10H,8-9,11-12H2,1H3,(H,18,19). The lowest BCUT2D eigenvalue weighted by Gasteiger charge is -2.14. The first kappa shape index (κ1) is 14.1. The highest BCUT2D eigenvalue weighted by molar-refractivity contribution is 7.10. The third-order valence-electron chi connectivity index (χ3n) is 3.91. The van der Waals surface area contributed by atoms with Crippen LogP contribution in [0.25, 0.3) is 0 Å². The van der Waals surface area contributed by atoms with Gasteiger partial charge in [0.15, 0.2) is 6.61 Å². The van der Waals surface area contributed by atoms with Crippen LogP contribution in [0, 0.1) is 6.92 Å². The molecule has 0 spiro atoms. The van der Waals surface area contributed by atoms with E-state index in [0.29, 0.717) is 6.54 Å². The van der Waals surface area contributed by atoms with E-state index in [-0.39, 0.29) is 17.9 Å². The van der Waals surface area contributed by atoms with E-state index in [4.69, 9.17) is 4.74 Å². The molecule has 1 saturated carbocycles. The number of benzene rings is 1. The average Bonchev–Trinajstić information content (AvgIpc) is 3.08. The summed E-state index contributed by atoms with van der Waals surface area (Å²) >= 11 is 1.77. The maximum absolute atomic E-state index is 11.9. The number of carbonyl (C=O) groups excluding carboxylic acids is 1. The molecule has 0 bridgehead atoms. The molecule has 0 saturated heterocycles. The molecular formula is C17H19NO2S. The highest BCUT2D eigenvalue weighted by Gasteiger charge is 2.45. The number of rotatable bonds is 6. The summed E-state index contributed by atoms with van der Waals surface area (Å²) < 4.78 is 5.49. The Bertz CT molecular complexity index is 600. The van der Waals surface area contributed by atoms with Gasteiger partial charge in [0.25, 0.3) is 5.91 Å². The van der Waals surface area contributed by atoms with Crippen molar-refractivity contribution >= 4 is 17.2 Å². The molecule has 1 fully saturated rings. The molecule has 1 N–H and O–H groups in total. The van der Waals surface area contributed by atoms with Crippen molar-refractivity contribution < 1.29 is 9.53 Å². The predicted molar refractivity (Wildman–Crippen MR) is 84.9 cm³/mol. The van der Waals surface area contributed by atoms with E-state index >= 15 is 0 Å². The lowest BCUT2D eigenvalue weighted by atomic mass is 10.1. The molecule has 1 aliphatic rings. The van der Waals surface area contributed by atoms with Crippen molar-refractivity contribution in [3.8, 4) is 5.75 Å². The molecule has 1 aromatic carbocycles. The number of thiophene rings is 1. The summed E-state index contributed by atoms with van der Waals surface area (Å²) in [5.41, 5.74) is 1.37. The summed E-state index contributed by atoms with van der Waals surface area (Å²) in [4.78, 5) is 13.3. The number of hydrogen-bond donors (Lipinski definition) is 1. The first-order valence-electron chi connectivity index (χ1n) is 7.18. The number of aryl methyl sites for hydroxylation is 1. The third-order valence-corrected chi connectivity index (χ3v) is 5.03. The van der Waals surface area contributed by atoms with Gasteiger partial charge in [-0.2, -0.15) is 0 Å². The van der Waals surface area contributed by atoms with Crippen LogP contribution in [0.5, 0.6) is 5.75 Å². The van der Waals surface area contributed by atoms with Crippen LogP contribution in [0.15, 0.2) is 41.8 Å². The Hall–Kier alpha value is -1.81. The topological polar surface area (TPSA) is 38.3 Å². The number of ether oxygens (including phenoxy) is 1. The van der Waals surface area contributed by atoms with Crippen molar-refractivity contribution in [1.82, 2.24) is 5.32 Å². The molecule has 3 rings (SSSR count). The number of carbonyl (C=O) groups is 1. The fraction of sp³-hybridized carbons (Fsp3) is 0.353. The SMILES string of the molecule is Cc1ccc(OCC(=O)NCC2(c3cccs3)CC2)cc1. The minimum absolute atomic E-state index is 0.0570. The Morgan fingerprint density at radius 2 is 2.05 bits per heavy atom. The molecule has 0 aliphatic heterocycles. The molecule has 1 heterocycles. The Labute approximate surface area is 129 Å². The number of nitrogens with one attached hydrogen (secondary N) is 1. The Morgan fingerprint density at radius 3 is 2.67 bits per heavy atom. The van der Waals surface area contributed by atoms with Gasteiger partial charge in [-0.15, -0.1) is 11.3 Å². The molecule has 2 aromatic rings. The maximum Gasteiger partial charge on any atom is 0.257 e. The van der Waals surface area contributed by atoms with Gasteiger partial charge in [-0.25, -0.2) is 0 Å². The van der Waals surface area contributed by atoms with Crippen LogP contribution in [0.2, 0.25) is 0 Å². The van der Waals surface area contributed by atoms with Crippen molar-refractivity contribution in [2.75, 3.05) is 13.2 Å². The van der Waals surface area contributed by atoms with Crippen molar-refractivity contribution in [1.29, 1.82) is 0 Å². The van der Waals surface area contributed by atoms with Gasteiger partial charge < -0.3 is 10.1 Å². The van der Waals surface area contributed by atoms with Crippen LogP contribution in [-0.2, 0) is 10.2 Å².